The molecule has 0 unspecified atom stereocenters. The topological polar surface area (TPSA) is 27.1 Å². The molecule has 0 aliphatic heterocycles. The zero-order valence-corrected chi connectivity index (χ0v) is 6.57. The van der Waals surface area contributed by atoms with E-state index in [0.29, 0.717) is 5.84 Å². The van der Waals surface area contributed by atoms with Crippen molar-refractivity contribution in [3.8, 4) is 0 Å². The van der Waals surface area contributed by atoms with E-state index in [1.54, 1.807) is 0 Å². The van der Waals surface area contributed by atoms with E-state index in [0.717, 1.165) is 6.54 Å². The first-order valence-corrected chi connectivity index (χ1v) is 3.44. The van der Waals surface area contributed by atoms with Gasteiger partial charge in [0.2, 0.25) is 0 Å². The van der Waals surface area contributed by atoms with Gasteiger partial charge < -0.3 is 4.90 Å². The first-order valence-electron chi connectivity index (χ1n) is 3.44. The SMILES string of the molecule is CCCCN(C)C(C)=N. The molecule has 0 saturated carbocycles. The van der Waals surface area contributed by atoms with Gasteiger partial charge in [0.25, 0.3) is 0 Å². The van der Waals surface area contributed by atoms with Crippen LogP contribution < -0.4 is 0 Å². The Morgan fingerprint density at radius 2 is 2.11 bits per heavy atom. The third-order valence-electron chi connectivity index (χ3n) is 1.42. The van der Waals surface area contributed by atoms with Crippen LogP contribution in [0.25, 0.3) is 0 Å². The molecule has 54 valence electrons. The van der Waals surface area contributed by atoms with Gasteiger partial charge in [0.05, 0.1) is 5.84 Å². The second-order valence-electron chi connectivity index (χ2n) is 2.36. The van der Waals surface area contributed by atoms with Gasteiger partial charge in [0.1, 0.15) is 0 Å². The third-order valence-corrected chi connectivity index (χ3v) is 1.42. The van der Waals surface area contributed by atoms with Crippen LogP contribution in [-0.2, 0) is 0 Å². The van der Waals surface area contributed by atoms with Gasteiger partial charge in [-0.15, -0.1) is 0 Å². The molecular weight excluding hydrogens is 112 g/mol. The Kier molecular flexibility index (Phi) is 4.10. The molecular formula is C7H16N2. The lowest BCUT2D eigenvalue weighted by atomic mass is 10.3. The van der Waals surface area contributed by atoms with Crippen molar-refractivity contribution in [3.05, 3.63) is 0 Å². The molecule has 2 nitrogen and oxygen atoms in total. The standard InChI is InChI=1S/C7H16N2/c1-4-5-6-9(3)7(2)8/h8H,4-6H2,1-3H3. The second kappa shape index (κ2) is 4.36. The Hall–Kier alpha value is -0.530. The number of hydrogen-bond donors (Lipinski definition) is 1. The molecule has 1 N–H and O–H groups in total. The van der Waals surface area contributed by atoms with E-state index in [1.807, 2.05) is 18.9 Å². The Balaban J connectivity index is 3.27. The molecule has 0 amide bonds. The smallest absolute Gasteiger partial charge is 0.0923 e. The number of amidine groups is 1. The molecule has 0 aromatic heterocycles. The van der Waals surface area contributed by atoms with Gasteiger partial charge in [-0.25, -0.2) is 0 Å². The largest absolute Gasteiger partial charge is 0.364 e. The minimum absolute atomic E-state index is 0.656. The first-order chi connectivity index (χ1) is 4.18. The summed E-state index contributed by atoms with van der Waals surface area (Å²) in [5.74, 6) is 0.656. The number of nitrogens with one attached hydrogen (secondary N) is 1. The van der Waals surface area contributed by atoms with Crippen LogP contribution in [0.15, 0.2) is 0 Å². The summed E-state index contributed by atoms with van der Waals surface area (Å²) in [6, 6.07) is 0. The zero-order valence-electron chi connectivity index (χ0n) is 6.57. The van der Waals surface area contributed by atoms with Gasteiger partial charge in [-0.1, -0.05) is 13.3 Å². The molecule has 9 heavy (non-hydrogen) atoms. The summed E-state index contributed by atoms with van der Waals surface area (Å²) in [5.41, 5.74) is 0. The van der Waals surface area contributed by atoms with Crippen molar-refractivity contribution in [2.45, 2.75) is 26.7 Å². The molecule has 0 spiro atoms. The predicted octanol–water partition coefficient (Wildman–Crippen LogP) is 1.72. The molecule has 0 fully saturated rings. The summed E-state index contributed by atoms with van der Waals surface area (Å²) < 4.78 is 0. The summed E-state index contributed by atoms with van der Waals surface area (Å²) in [6.45, 7) is 4.99. The van der Waals surface area contributed by atoms with Gasteiger partial charge in [-0.05, 0) is 13.3 Å². The molecule has 0 aromatic carbocycles. The van der Waals surface area contributed by atoms with Gasteiger partial charge in [-0.2, -0.15) is 0 Å². The molecule has 0 bridgehead atoms. The predicted molar refractivity (Wildman–Crippen MR) is 40.9 cm³/mol. The molecule has 0 heterocycles. The highest BCUT2D eigenvalue weighted by Gasteiger charge is 1.94. The van der Waals surface area contributed by atoms with E-state index in [2.05, 4.69) is 6.92 Å². The highest BCUT2D eigenvalue weighted by atomic mass is 15.1. The van der Waals surface area contributed by atoms with Crippen molar-refractivity contribution >= 4 is 5.84 Å². The first kappa shape index (κ1) is 8.47. The normalized spacial score (nSPS) is 9.22. The van der Waals surface area contributed by atoms with Crippen molar-refractivity contribution in [2.75, 3.05) is 13.6 Å². The average Bonchev–Trinajstić information content (AvgIpc) is 1.82. The molecule has 0 radical (unpaired) electrons. The lowest BCUT2D eigenvalue weighted by molar-refractivity contribution is 0.479. The van der Waals surface area contributed by atoms with Crippen molar-refractivity contribution in [3.63, 3.8) is 0 Å². The quantitative estimate of drug-likeness (QED) is 0.454. The number of unbranched alkanes of at least 4 members (excludes halogenated alkanes) is 1. The lowest BCUT2D eigenvalue weighted by Gasteiger charge is -2.15. The summed E-state index contributed by atoms with van der Waals surface area (Å²) in [4.78, 5) is 1.96. The maximum atomic E-state index is 7.20. The maximum absolute atomic E-state index is 7.20. The minimum atomic E-state index is 0.656. The number of rotatable bonds is 3. The summed E-state index contributed by atoms with van der Waals surface area (Å²) in [7, 11) is 1.96. The van der Waals surface area contributed by atoms with Gasteiger partial charge in [0, 0.05) is 13.6 Å². The molecule has 0 aliphatic carbocycles. The Morgan fingerprint density at radius 1 is 1.56 bits per heavy atom. The van der Waals surface area contributed by atoms with Gasteiger partial charge in [-0.3, -0.25) is 5.41 Å². The fourth-order valence-corrected chi connectivity index (χ4v) is 0.563. The summed E-state index contributed by atoms with van der Waals surface area (Å²) in [5, 5.41) is 7.20. The summed E-state index contributed by atoms with van der Waals surface area (Å²) >= 11 is 0. The average molecular weight is 128 g/mol. The van der Waals surface area contributed by atoms with E-state index < -0.39 is 0 Å². The van der Waals surface area contributed by atoms with Crippen molar-refractivity contribution in [1.29, 1.82) is 5.41 Å². The molecule has 0 aliphatic rings. The molecule has 2 heteroatoms. The van der Waals surface area contributed by atoms with E-state index >= 15 is 0 Å². The monoisotopic (exact) mass is 128 g/mol. The molecule has 0 atom stereocenters. The van der Waals surface area contributed by atoms with E-state index in [1.165, 1.54) is 12.8 Å². The summed E-state index contributed by atoms with van der Waals surface area (Å²) in [6.07, 6.45) is 2.39. The molecule has 0 aromatic rings. The minimum Gasteiger partial charge on any atom is -0.364 e. The van der Waals surface area contributed by atoms with E-state index in [4.69, 9.17) is 5.41 Å². The highest BCUT2D eigenvalue weighted by Crippen LogP contribution is 1.90. The highest BCUT2D eigenvalue weighted by molar-refractivity contribution is 5.75. The zero-order chi connectivity index (χ0) is 7.28. The van der Waals surface area contributed by atoms with Crippen LogP contribution in [0.5, 0.6) is 0 Å². The second-order valence-corrected chi connectivity index (χ2v) is 2.36. The van der Waals surface area contributed by atoms with E-state index in [-0.39, 0.29) is 0 Å². The van der Waals surface area contributed by atoms with E-state index in [9.17, 15) is 0 Å². The number of hydrogen-bond acceptors (Lipinski definition) is 1. The van der Waals surface area contributed by atoms with Crippen LogP contribution in [0.1, 0.15) is 26.7 Å². The molecule has 0 rings (SSSR count). The van der Waals surface area contributed by atoms with Gasteiger partial charge in [0.15, 0.2) is 0 Å². The van der Waals surface area contributed by atoms with Crippen LogP contribution in [0.4, 0.5) is 0 Å². The maximum Gasteiger partial charge on any atom is 0.0923 e. The molecule has 0 saturated heterocycles. The van der Waals surface area contributed by atoms with Crippen LogP contribution in [0, 0.1) is 5.41 Å². The van der Waals surface area contributed by atoms with Gasteiger partial charge >= 0.3 is 0 Å². The fourth-order valence-electron chi connectivity index (χ4n) is 0.563. The van der Waals surface area contributed by atoms with Crippen LogP contribution in [0.2, 0.25) is 0 Å². The fraction of sp³-hybridized carbons (Fsp3) is 0.857. The Bertz CT molecular complexity index is 88.9. The van der Waals surface area contributed by atoms with Crippen molar-refractivity contribution in [1.82, 2.24) is 4.90 Å². The van der Waals surface area contributed by atoms with Crippen LogP contribution >= 0.6 is 0 Å². The van der Waals surface area contributed by atoms with Crippen LogP contribution in [-0.4, -0.2) is 24.3 Å². The van der Waals surface area contributed by atoms with Crippen molar-refractivity contribution < 1.29 is 0 Å². The number of nitrogens with zero attached hydrogens (tertiary/aromatic N) is 1. The lowest BCUT2D eigenvalue weighted by Crippen LogP contribution is -2.23. The van der Waals surface area contributed by atoms with Crippen LogP contribution in [0.3, 0.4) is 0 Å². The Labute approximate surface area is 57.4 Å². The third kappa shape index (κ3) is 4.01. The van der Waals surface area contributed by atoms with Crippen molar-refractivity contribution in [2.24, 2.45) is 0 Å². The Morgan fingerprint density at radius 3 is 2.44 bits per heavy atom.